The van der Waals surface area contributed by atoms with Gasteiger partial charge in [0, 0.05) is 12.2 Å². The number of amides is 1. The zero-order valence-electron chi connectivity index (χ0n) is 12.5. The van der Waals surface area contributed by atoms with Crippen LogP contribution in [0.15, 0.2) is 53.4 Å². The molecule has 2 aromatic carbocycles. The summed E-state index contributed by atoms with van der Waals surface area (Å²) >= 11 is 6.02. The lowest BCUT2D eigenvalue weighted by Gasteiger charge is -2.11. The first-order chi connectivity index (χ1) is 10.9. The van der Waals surface area contributed by atoms with Crippen molar-refractivity contribution < 1.29 is 13.2 Å². The van der Waals surface area contributed by atoms with Gasteiger partial charge in [-0.3, -0.25) is 9.52 Å². The van der Waals surface area contributed by atoms with Crippen molar-refractivity contribution in [3.05, 3.63) is 59.1 Å². The minimum Gasteiger partial charge on any atom is -0.352 e. The minimum atomic E-state index is -3.71. The van der Waals surface area contributed by atoms with Crippen LogP contribution in [0.25, 0.3) is 0 Å². The monoisotopic (exact) mass is 352 g/mol. The third kappa shape index (κ3) is 4.46. The molecule has 0 fully saturated rings. The summed E-state index contributed by atoms with van der Waals surface area (Å²) in [6.45, 7) is 2.46. The van der Waals surface area contributed by atoms with E-state index in [2.05, 4.69) is 10.0 Å². The molecule has 122 valence electrons. The average molecular weight is 353 g/mol. The highest BCUT2D eigenvalue weighted by Gasteiger charge is 2.16. The van der Waals surface area contributed by atoms with Gasteiger partial charge in [0.1, 0.15) is 0 Å². The zero-order valence-corrected chi connectivity index (χ0v) is 14.1. The molecule has 0 aliphatic carbocycles. The molecule has 0 radical (unpaired) electrons. The van der Waals surface area contributed by atoms with Crippen molar-refractivity contribution >= 4 is 33.2 Å². The number of rotatable bonds is 6. The number of carbonyl (C=O) groups excluding carboxylic acids is 1. The third-order valence-corrected chi connectivity index (χ3v) is 4.78. The number of carbonyl (C=O) groups is 1. The van der Waals surface area contributed by atoms with E-state index in [1.165, 1.54) is 30.3 Å². The Labute approximate surface area is 140 Å². The highest BCUT2D eigenvalue weighted by Crippen LogP contribution is 2.23. The highest BCUT2D eigenvalue weighted by atomic mass is 35.5. The lowest BCUT2D eigenvalue weighted by molar-refractivity contribution is 0.0954. The molecule has 0 saturated heterocycles. The van der Waals surface area contributed by atoms with Crippen molar-refractivity contribution in [2.24, 2.45) is 0 Å². The SMILES string of the molecule is CCCNC(=O)c1cc(NS(=O)(=O)c2ccccc2)ccc1Cl. The van der Waals surface area contributed by atoms with Gasteiger partial charge in [-0.15, -0.1) is 0 Å². The minimum absolute atomic E-state index is 0.145. The molecule has 2 N–H and O–H groups in total. The summed E-state index contributed by atoms with van der Waals surface area (Å²) in [6.07, 6.45) is 0.795. The molecule has 0 atom stereocenters. The predicted octanol–water partition coefficient (Wildman–Crippen LogP) is 3.28. The van der Waals surface area contributed by atoms with Gasteiger partial charge in [-0.05, 0) is 36.8 Å². The number of hydrogen-bond donors (Lipinski definition) is 2. The van der Waals surface area contributed by atoms with Gasteiger partial charge in [0.05, 0.1) is 15.5 Å². The molecule has 7 heteroatoms. The van der Waals surface area contributed by atoms with Gasteiger partial charge in [-0.1, -0.05) is 36.7 Å². The van der Waals surface area contributed by atoms with Gasteiger partial charge in [0.2, 0.25) is 0 Å². The Hall–Kier alpha value is -2.05. The van der Waals surface area contributed by atoms with Crippen LogP contribution < -0.4 is 10.0 Å². The normalized spacial score (nSPS) is 11.0. The summed E-state index contributed by atoms with van der Waals surface area (Å²) in [4.78, 5) is 12.2. The average Bonchev–Trinajstić information content (AvgIpc) is 2.55. The van der Waals surface area contributed by atoms with Gasteiger partial charge < -0.3 is 5.32 Å². The Balaban J connectivity index is 2.26. The molecule has 0 aromatic heterocycles. The van der Waals surface area contributed by atoms with Crippen LogP contribution in [-0.2, 0) is 10.0 Å². The maximum atomic E-state index is 12.3. The summed E-state index contributed by atoms with van der Waals surface area (Å²) in [7, 11) is -3.71. The van der Waals surface area contributed by atoms with Crippen LogP contribution in [0.2, 0.25) is 5.02 Å². The first-order valence-corrected chi connectivity index (χ1v) is 8.96. The van der Waals surface area contributed by atoms with Crippen LogP contribution in [-0.4, -0.2) is 20.9 Å². The molecule has 0 aliphatic heterocycles. The number of hydrogen-bond acceptors (Lipinski definition) is 3. The Morgan fingerprint density at radius 1 is 1.13 bits per heavy atom. The van der Waals surface area contributed by atoms with E-state index in [0.29, 0.717) is 6.54 Å². The summed E-state index contributed by atoms with van der Waals surface area (Å²) in [5.41, 5.74) is 0.508. The zero-order chi connectivity index (χ0) is 16.9. The van der Waals surface area contributed by atoms with Crippen molar-refractivity contribution in [1.29, 1.82) is 0 Å². The van der Waals surface area contributed by atoms with Gasteiger partial charge in [-0.2, -0.15) is 0 Å². The summed E-state index contributed by atoms with van der Waals surface area (Å²) < 4.78 is 27.0. The van der Waals surface area contributed by atoms with Crippen LogP contribution in [0, 0.1) is 0 Å². The van der Waals surface area contributed by atoms with Crippen molar-refractivity contribution in [1.82, 2.24) is 5.32 Å². The maximum Gasteiger partial charge on any atom is 0.261 e. The molecule has 0 heterocycles. The highest BCUT2D eigenvalue weighted by molar-refractivity contribution is 7.92. The second kappa shape index (κ2) is 7.48. The smallest absolute Gasteiger partial charge is 0.261 e. The van der Waals surface area contributed by atoms with Crippen molar-refractivity contribution in [3.8, 4) is 0 Å². The maximum absolute atomic E-state index is 12.3. The molecule has 23 heavy (non-hydrogen) atoms. The third-order valence-electron chi connectivity index (χ3n) is 3.05. The van der Waals surface area contributed by atoms with E-state index in [4.69, 9.17) is 11.6 Å². The quantitative estimate of drug-likeness (QED) is 0.837. The first kappa shape index (κ1) is 17.3. The van der Waals surface area contributed by atoms with Crippen LogP contribution in [0.3, 0.4) is 0 Å². The fourth-order valence-corrected chi connectivity index (χ4v) is 3.18. The second-order valence-corrected chi connectivity index (χ2v) is 6.96. The number of benzene rings is 2. The molecule has 0 unspecified atom stereocenters. The van der Waals surface area contributed by atoms with E-state index in [1.54, 1.807) is 18.2 Å². The fraction of sp³-hybridized carbons (Fsp3) is 0.188. The van der Waals surface area contributed by atoms with Gasteiger partial charge in [0.15, 0.2) is 0 Å². The van der Waals surface area contributed by atoms with E-state index in [1.807, 2.05) is 6.92 Å². The molecule has 5 nitrogen and oxygen atoms in total. The van der Waals surface area contributed by atoms with Crippen LogP contribution in [0.5, 0.6) is 0 Å². The van der Waals surface area contributed by atoms with Crippen LogP contribution in [0.1, 0.15) is 23.7 Å². The summed E-state index contributed by atoms with van der Waals surface area (Å²) in [6, 6.07) is 12.4. The van der Waals surface area contributed by atoms with E-state index >= 15 is 0 Å². The largest absolute Gasteiger partial charge is 0.352 e. The molecule has 1 amide bonds. The fourth-order valence-electron chi connectivity index (χ4n) is 1.91. The van der Waals surface area contributed by atoms with E-state index in [9.17, 15) is 13.2 Å². The molecular formula is C16H17ClN2O3S. The Bertz CT molecular complexity index is 792. The first-order valence-electron chi connectivity index (χ1n) is 7.09. The Kier molecular flexibility index (Phi) is 5.63. The van der Waals surface area contributed by atoms with Crippen LogP contribution >= 0.6 is 11.6 Å². The number of nitrogens with one attached hydrogen (secondary N) is 2. The standard InChI is InChI=1S/C16H17ClN2O3S/c1-2-10-18-16(20)14-11-12(8-9-15(14)17)19-23(21,22)13-6-4-3-5-7-13/h3-9,11,19H,2,10H2,1H3,(H,18,20). The summed E-state index contributed by atoms with van der Waals surface area (Å²) in [5.74, 6) is -0.336. The van der Waals surface area contributed by atoms with E-state index in [0.717, 1.165) is 6.42 Å². The Morgan fingerprint density at radius 3 is 2.48 bits per heavy atom. The van der Waals surface area contributed by atoms with E-state index < -0.39 is 10.0 Å². The lowest BCUT2D eigenvalue weighted by atomic mass is 10.2. The Morgan fingerprint density at radius 2 is 1.83 bits per heavy atom. The molecule has 2 aromatic rings. The summed E-state index contributed by atoms with van der Waals surface area (Å²) in [5, 5.41) is 2.98. The molecule has 0 bridgehead atoms. The number of sulfonamides is 1. The van der Waals surface area contributed by atoms with Crippen molar-refractivity contribution in [3.63, 3.8) is 0 Å². The predicted molar refractivity (Wildman–Crippen MR) is 91.3 cm³/mol. The van der Waals surface area contributed by atoms with Gasteiger partial charge in [-0.25, -0.2) is 8.42 Å². The van der Waals surface area contributed by atoms with Crippen LogP contribution in [0.4, 0.5) is 5.69 Å². The van der Waals surface area contributed by atoms with Crippen molar-refractivity contribution in [2.75, 3.05) is 11.3 Å². The molecule has 0 saturated carbocycles. The molecular weight excluding hydrogens is 336 g/mol. The topological polar surface area (TPSA) is 75.3 Å². The second-order valence-electron chi connectivity index (χ2n) is 4.87. The number of halogens is 1. The van der Waals surface area contributed by atoms with Crippen molar-refractivity contribution in [2.45, 2.75) is 18.2 Å². The van der Waals surface area contributed by atoms with Gasteiger partial charge >= 0.3 is 0 Å². The molecule has 0 spiro atoms. The molecule has 2 rings (SSSR count). The number of anilines is 1. The molecule has 0 aliphatic rings. The van der Waals surface area contributed by atoms with Gasteiger partial charge in [0.25, 0.3) is 15.9 Å². The lowest BCUT2D eigenvalue weighted by Crippen LogP contribution is -2.24. The van der Waals surface area contributed by atoms with E-state index in [-0.39, 0.29) is 27.1 Å².